The van der Waals surface area contributed by atoms with Gasteiger partial charge in [0.25, 0.3) is 11.6 Å². The highest BCUT2D eigenvalue weighted by Crippen LogP contribution is 2.26. The molecule has 1 aromatic rings. The van der Waals surface area contributed by atoms with Gasteiger partial charge in [-0.2, -0.15) is 0 Å². The second-order valence-electron chi connectivity index (χ2n) is 5.13. The minimum atomic E-state index is -0.585. The lowest BCUT2D eigenvalue weighted by Crippen LogP contribution is -2.43. The molecule has 1 atom stereocenters. The van der Waals surface area contributed by atoms with Gasteiger partial charge in [-0.05, 0) is 40.1 Å². The summed E-state index contributed by atoms with van der Waals surface area (Å²) in [6.45, 7) is 5.08. The molecule has 1 aromatic carbocycles. The Kier molecular flexibility index (Phi) is 6.11. The maximum atomic E-state index is 12.5. The van der Waals surface area contributed by atoms with Crippen LogP contribution in [0.15, 0.2) is 18.2 Å². The van der Waals surface area contributed by atoms with Gasteiger partial charge in [0, 0.05) is 30.8 Å². The summed E-state index contributed by atoms with van der Waals surface area (Å²) >= 11 is 5.77. The fraction of sp³-hybridized carbons (Fsp3) is 0.500. The number of likely N-dealkylation sites (N-methyl/N-ethyl adjacent to an activating group) is 2. The van der Waals surface area contributed by atoms with Crippen molar-refractivity contribution >= 4 is 23.2 Å². The van der Waals surface area contributed by atoms with Crippen LogP contribution >= 0.6 is 11.6 Å². The first-order valence-corrected chi connectivity index (χ1v) is 7.05. The molecule has 1 amide bonds. The quantitative estimate of drug-likeness (QED) is 0.598. The maximum Gasteiger partial charge on any atom is 0.288 e. The normalized spacial score (nSPS) is 12.3. The van der Waals surface area contributed by atoms with Gasteiger partial charge in [0.05, 0.1) is 4.92 Å². The molecular weight excluding hydrogens is 294 g/mol. The van der Waals surface area contributed by atoms with Gasteiger partial charge >= 0.3 is 0 Å². The van der Waals surface area contributed by atoms with Gasteiger partial charge in [-0.15, -0.1) is 0 Å². The Hall–Kier alpha value is -1.66. The Morgan fingerprint density at radius 1 is 1.43 bits per heavy atom. The number of nitro benzene ring substituents is 1. The molecule has 0 fully saturated rings. The van der Waals surface area contributed by atoms with Crippen molar-refractivity contribution in [2.24, 2.45) is 0 Å². The summed E-state index contributed by atoms with van der Waals surface area (Å²) in [5.41, 5.74) is 0.0254. The van der Waals surface area contributed by atoms with Crippen molar-refractivity contribution in [2.75, 3.05) is 27.2 Å². The largest absolute Gasteiger partial charge is 0.335 e. The van der Waals surface area contributed by atoms with Crippen LogP contribution < -0.4 is 0 Å². The molecule has 0 heterocycles. The Labute approximate surface area is 129 Å². The van der Waals surface area contributed by atoms with Gasteiger partial charge in [-0.3, -0.25) is 14.9 Å². The number of rotatable bonds is 6. The lowest BCUT2D eigenvalue weighted by Gasteiger charge is -2.30. The molecule has 21 heavy (non-hydrogen) atoms. The third-order valence-corrected chi connectivity index (χ3v) is 3.47. The summed E-state index contributed by atoms with van der Waals surface area (Å²) in [4.78, 5) is 26.5. The van der Waals surface area contributed by atoms with Crippen LogP contribution in [0.3, 0.4) is 0 Å². The number of benzene rings is 1. The molecule has 1 rings (SSSR count). The molecule has 6 nitrogen and oxygen atoms in total. The molecule has 0 bridgehead atoms. The number of hydrogen-bond donors (Lipinski definition) is 0. The second kappa shape index (κ2) is 7.38. The van der Waals surface area contributed by atoms with Crippen LogP contribution in [0.1, 0.15) is 24.2 Å². The number of hydrogen-bond acceptors (Lipinski definition) is 4. The Bertz CT molecular complexity index is 534. The van der Waals surface area contributed by atoms with E-state index in [4.69, 9.17) is 11.6 Å². The number of carbonyl (C=O) groups is 1. The summed E-state index contributed by atoms with van der Waals surface area (Å²) in [6.07, 6.45) is 0. The van der Waals surface area contributed by atoms with E-state index in [1.165, 1.54) is 18.2 Å². The Morgan fingerprint density at radius 3 is 2.52 bits per heavy atom. The summed E-state index contributed by atoms with van der Waals surface area (Å²) in [6, 6.07) is 4.14. The Morgan fingerprint density at radius 2 is 2.05 bits per heavy atom. The second-order valence-corrected chi connectivity index (χ2v) is 5.53. The molecule has 1 unspecified atom stereocenters. The van der Waals surface area contributed by atoms with Crippen LogP contribution in [0.25, 0.3) is 0 Å². The standard InChI is InChI=1S/C14H20ClN3O3/c1-5-17(10(2)9-16(3)4)14(19)11-6-7-12(15)13(8-11)18(20)21/h6-8,10H,5,9H2,1-4H3. The molecular formula is C14H20ClN3O3. The number of nitrogens with zero attached hydrogens (tertiary/aromatic N) is 3. The highest BCUT2D eigenvalue weighted by atomic mass is 35.5. The number of amides is 1. The van der Waals surface area contributed by atoms with E-state index in [1.54, 1.807) is 4.90 Å². The van der Waals surface area contributed by atoms with Gasteiger partial charge in [0.2, 0.25) is 0 Å². The zero-order chi connectivity index (χ0) is 16.2. The molecule has 0 saturated carbocycles. The van der Waals surface area contributed by atoms with E-state index in [0.29, 0.717) is 6.54 Å². The molecule has 0 saturated heterocycles. The van der Waals surface area contributed by atoms with Crippen LogP contribution in [0, 0.1) is 10.1 Å². The van der Waals surface area contributed by atoms with Crippen molar-refractivity contribution in [2.45, 2.75) is 19.9 Å². The van der Waals surface area contributed by atoms with Gasteiger partial charge < -0.3 is 9.80 Å². The lowest BCUT2D eigenvalue weighted by atomic mass is 10.1. The van der Waals surface area contributed by atoms with E-state index in [2.05, 4.69) is 0 Å². The van der Waals surface area contributed by atoms with Crippen LogP contribution in [0.2, 0.25) is 5.02 Å². The molecule has 0 spiro atoms. The first-order valence-electron chi connectivity index (χ1n) is 6.67. The Balaban J connectivity index is 3.05. The van der Waals surface area contributed by atoms with E-state index in [0.717, 1.165) is 6.54 Å². The average molecular weight is 314 g/mol. The molecule has 0 aromatic heterocycles. The van der Waals surface area contributed by atoms with E-state index in [-0.39, 0.29) is 28.2 Å². The van der Waals surface area contributed by atoms with Crippen molar-refractivity contribution in [3.8, 4) is 0 Å². The van der Waals surface area contributed by atoms with E-state index < -0.39 is 4.92 Å². The predicted molar refractivity (Wildman–Crippen MR) is 82.8 cm³/mol. The molecule has 0 aliphatic heterocycles. The predicted octanol–water partition coefficient (Wildman–Crippen LogP) is 2.66. The van der Waals surface area contributed by atoms with Gasteiger partial charge in [0.15, 0.2) is 0 Å². The summed E-state index contributed by atoms with van der Waals surface area (Å²) < 4.78 is 0. The highest BCUT2D eigenvalue weighted by Gasteiger charge is 2.23. The minimum absolute atomic E-state index is 0.00670. The average Bonchev–Trinajstić information content (AvgIpc) is 2.38. The molecule has 0 aliphatic rings. The molecule has 0 N–H and O–H groups in total. The number of carbonyl (C=O) groups excluding carboxylic acids is 1. The van der Waals surface area contributed by atoms with E-state index in [9.17, 15) is 14.9 Å². The van der Waals surface area contributed by atoms with Crippen LogP contribution in [0.5, 0.6) is 0 Å². The first-order chi connectivity index (χ1) is 9.77. The monoisotopic (exact) mass is 313 g/mol. The number of halogens is 1. The van der Waals surface area contributed by atoms with Gasteiger partial charge in [-0.25, -0.2) is 0 Å². The summed E-state index contributed by atoms with van der Waals surface area (Å²) in [7, 11) is 3.86. The van der Waals surface area contributed by atoms with Crippen LogP contribution in [-0.2, 0) is 0 Å². The van der Waals surface area contributed by atoms with E-state index >= 15 is 0 Å². The summed E-state index contributed by atoms with van der Waals surface area (Å²) in [5.74, 6) is -0.230. The van der Waals surface area contributed by atoms with E-state index in [1.807, 2.05) is 32.8 Å². The van der Waals surface area contributed by atoms with Crippen molar-refractivity contribution in [3.63, 3.8) is 0 Å². The first kappa shape index (κ1) is 17.4. The number of nitro groups is 1. The maximum absolute atomic E-state index is 12.5. The van der Waals surface area contributed by atoms with Gasteiger partial charge in [-0.1, -0.05) is 11.6 Å². The fourth-order valence-corrected chi connectivity index (χ4v) is 2.42. The molecule has 116 valence electrons. The minimum Gasteiger partial charge on any atom is -0.335 e. The van der Waals surface area contributed by atoms with Crippen molar-refractivity contribution in [1.29, 1.82) is 0 Å². The van der Waals surface area contributed by atoms with Crippen LogP contribution in [0.4, 0.5) is 5.69 Å². The third kappa shape index (κ3) is 4.41. The zero-order valence-corrected chi connectivity index (χ0v) is 13.4. The molecule has 7 heteroatoms. The zero-order valence-electron chi connectivity index (χ0n) is 12.7. The van der Waals surface area contributed by atoms with Crippen molar-refractivity contribution < 1.29 is 9.72 Å². The third-order valence-electron chi connectivity index (χ3n) is 3.15. The van der Waals surface area contributed by atoms with Crippen molar-refractivity contribution in [3.05, 3.63) is 38.9 Å². The summed E-state index contributed by atoms with van der Waals surface area (Å²) in [5, 5.41) is 10.9. The highest BCUT2D eigenvalue weighted by molar-refractivity contribution is 6.32. The van der Waals surface area contributed by atoms with Crippen molar-refractivity contribution in [1.82, 2.24) is 9.80 Å². The molecule has 0 aliphatic carbocycles. The molecule has 0 radical (unpaired) electrons. The topological polar surface area (TPSA) is 66.7 Å². The fourth-order valence-electron chi connectivity index (χ4n) is 2.23. The van der Waals surface area contributed by atoms with Crippen LogP contribution in [-0.4, -0.2) is 53.9 Å². The smallest absolute Gasteiger partial charge is 0.288 e. The van der Waals surface area contributed by atoms with Gasteiger partial charge in [0.1, 0.15) is 5.02 Å². The lowest BCUT2D eigenvalue weighted by molar-refractivity contribution is -0.384. The SMILES string of the molecule is CCN(C(=O)c1ccc(Cl)c([N+](=O)[O-])c1)C(C)CN(C)C.